The molecule has 0 unspecified atom stereocenters. The second kappa shape index (κ2) is 5.76. The maximum absolute atomic E-state index is 11.9. The van der Waals surface area contributed by atoms with Gasteiger partial charge in [0, 0.05) is 5.69 Å². The van der Waals surface area contributed by atoms with Crippen molar-refractivity contribution in [1.82, 2.24) is 0 Å². The molecular weight excluding hydrogens is 262 g/mol. The van der Waals surface area contributed by atoms with Crippen LogP contribution in [0.5, 0.6) is 5.75 Å². The molecule has 0 saturated carbocycles. The molecule has 4 heteroatoms. The van der Waals surface area contributed by atoms with Crippen LogP contribution in [0.1, 0.15) is 11.1 Å². The Labute approximate surface area is 116 Å². The molecular formula is C15H14ClNO2. The van der Waals surface area contributed by atoms with Crippen molar-refractivity contribution in [2.75, 3.05) is 5.32 Å². The molecule has 0 saturated heterocycles. The predicted octanol–water partition coefficient (Wildman–Crippen LogP) is 3.54. The average molecular weight is 276 g/mol. The van der Waals surface area contributed by atoms with Gasteiger partial charge in [0.05, 0.1) is 11.4 Å². The van der Waals surface area contributed by atoms with Crippen LogP contribution in [-0.2, 0) is 11.2 Å². The zero-order valence-electron chi connectivity index (χ0n) is 10.5. The van der Waals surface area contributed by atoms with E-state index in [1.165, 1.54) is 12.1 Å². The zero-order chi connectivity index (χ0) is 13.8. The minimum atomic E-state index is -0.115. The topological polar surface area (TPSA) is 49.3 Å². The van der Waals surface area contributed by atoms with E-state index in [0.717, 1.165) is 11.1 Å². The third kappa shape index (κ3) is 3.48. The van der Waals surface area contributed by atoms with Gasteiger partial charge in [-0.2, -0.15) is 0 Å². The van der Waals surface area contributed by atoms with Crippen molar-refractivity contribution in [2.45, 2.75) is 13.3 Å². The Bertz CT molecular complexity index is 611. The van der Waals surface area contributed by atoms with Crippen LogP contribution >= 0.6 is 11.6 Å². The molecule has 19 heavy (non-hydrogen) atoms. The Morgan fingerprint density at radius 1 is 1.26 bits per heavy atom. The Morgan fingerprint density at radius 2 is 2.00 bits per heavy atom. The van der Waals surface area contributed by atoms with Crippen LogP contribution in [0.2, 0.25) is 5.02 Å². The molecule has 2 aromatic rings. The highest BCUT2D eigenvalue weighted by Gasteiger charge is 2.07. The number of aromatic hydroxyl groups is 1. The summed E-state index contributed by atoms with van der Waals surface area (Å²) in [6, 6.07) is 12.3. The van der Waals surface area contributed by atoms with Gasteiger partial charge in [0.2, 0.25) is 5.91 Å². The lowest BCUT2D eigenvalue weighted by Gasteiger charge is -2.08. The van der Waals surface area contributed by atoms with Gasteiger partial charge in [-0.3, -0.25) is 4.79 Å². The molecule has 2 aromatic carbocycles. The van der Waals surface area contributed by atoms with Crippen molar-refractivity contribution in [3.05, 3.63) is 58.6 Å². The van der Waals surface area contributed by atoms with Crippen LogP contribution in [0.4, 0.5) is 5.69 Å². The summed E-state index contributed by atoms with van der Waals surface area (Å²) in [5, 5.41) is 12.3. The molecule has 0 aliphatic rings. The van der Waals surface area contributed by atoms with E-state index in [1.807, 2.05) is 31.2 Å². The van der Waals surface area contributed by atoms with Gasteiger partial charge < -0.3 is 10.4 Å². The Kier molecular flexibility index (Phi) is 4.07. The molecule has 1 amide bonds. The van der Waals surface area contributed by atoms with Gasteiger partial charge in [0.25, 0.3) is 0 Å². The number of carbonyl (C=O) groups is 1. The highest BCUT2D eigenvalue weighted by atomic mass is 35.5. The standard InChI is InChI=1S/C15H14ClNO2/c1-10-4-2-3-5-11(10)8-15(19)17-12-6-7-14(18)13(16)9-12/h2-7,9,18H,8H2,1H3,(H,17,19). The van der Waals surface area contributed by atoms with Gasteiger partial charge in [-0.15, -0.1) is 0 Å². The van der Waals surface area contributed by atoms with Crippen molar-refractivity contribution in [1.29, 1.82) is 0 Å². The number of phenolic OH excluding ortho intramolecular Hbond substituents is 1. The SMILES string of the molecule is Cc1ccccc1CC(=O)Nc1ccc(O)c(Cl)c1. The lowest BCUT2D eigenvalue weighted by atomic mass is 10.1. The number of halogens is 1. The van der Waals surface area contributed by atoms with E-state index >= 15 is 0 Å². The van der Waals surface area contributed by atoms with E-state index in [1.54, 1.807) is 6.07 Å². The third-order valence-electron chi connectivity index (χ3n) is 2.84. The molecule has 0 radical (unpaired) electrons. The number of phenols is 1. The number of hydrogen-bond acceptors (Lipinski definition) is 2. The van der Waals surface area contributed by atoms with Crippen molar-refractivity contribution in [3.63, 3.8) is 0 Å². The lowest BCUT2D eigenvalue weighted by molar-refractivity contribution is -0.115. The summed E-state index contributed by atoms with van der Waals surface area (Å²) in [6.45, 7) is 1.97. The number of hydrogen-bond donors (Lipinski definition) is 2. The summed E-state index contributed by atoms with van der Waals surface area (Å²) in [5.74, 6) is -0.116. The Morgan fingerprint density at radius 3 is 2.68 bits per heavy atom. The summed E-state index contributed by atoms with van der Waals surface area (Å²) in [7, 11) is 0. The zero-order valence-corrected chi connectivity index (χ0v) is 11.2. The molecule has 3 nitrogen and oxygen atoms in total. The quantitative estimate of drug-likeness (QED) is 0.842. The highest BCUT2D eigenvalue weighted by molar-refractivity contribution is 6.32. The van der Waals surface area contributed by atoms with Crippen LogP contribution in [0.3, 0.4) is 0 Å². The molecule has 2 rings (SSSR count). The van der Waals surface area contributed by atoms with Gasteiger partial charge in [-0.1, -0.05) is 35.9 Å². The first-order valence-electron chi connectivity index (χ1n) is 5.89. The molecule has 0 bridgehead atoms. The smallest absolute Gasteiger partial charge is 0.228 e. The van der Waals surface area contributed by atoms with E-state index in [-0.39, 0.29) is 16.7 Å². The Balaban J connectivity index is 2.05. The monoisotopic (exact) mass is 275 g/mol. The van der Waals surface area contributed by atoms with Crippen LogP contribution < -0.4 is 5.32 Å². The number of benzene rings is 2. The van der Waals surface area contributed by atoms with Crippen molar-refractivity contribution >= 4 is 23.2 Å². The molecule has 0 aromatic heterocycles. The highest BCUT2D eigenvalue weighted by Crippen LogP contribution is 2.26. The Hall–Kier alpha value is -2.00. The number of nitrogens with one attached hydrogen (secondary N) is 1. The van der Waals surface area contributed by atoms with Crippen LogP contribution in [-0.4, -0.2) is 11.0 Å². The van der Waals surface area contributed by atoms with Crippen LogP contribution in [0.25, 0.3) is 0 Å². The largest absolute Gasteiger partial charge is 0.506 e. The molecule has 2 N–H and O–H groups in total. The third-order valence-corrected chi connectivity index (χ3v) is 3.15. The minimum Gasteiger partial charge on any atom is -0.506 e. The molecule has 0 atom stereocenters. The summed E-state index contributed by atoms with van der Waals surface area (Å²) >= 11 is 5.78. The number of aryl methyl sites for hydroxylation is 1. The average Bonchev–Trinajstić information content (AvgIpc) is 2.37. The van der Waals surface area contributed by atoms with Crippen LogP contribution in [0.15, 0.2) is 42.5 Å². The molecule has 0 fully saturated rings. The summed E-state index contributed by atoms with van der Waals surface area (Å²) in [6.07, 6.45) is 0.311. The van der Waals surface area contributed by atoms with Gasteiger partial charge in [-0.25, -0.2) is 0 Å². The van der Waals surface area contributed by atoms with Crippen LogP contribution in [0, 0.1) is 6.92 Å². The molecule has 0 aliphatic heterocycles. The van der Waals surface area contributed by atoms with Crippen molar-refractivity contribution < 1.29 is 9.90 Å². The normalized spacial score (nSPS) is 10.2. The first-order valence-corrected chi connectivity index (χ1v) is 6.27. The van der Waals surface area contributed by atoms with E-state index in [4.69, 9.17) is 11.6 Å². The fourth-order valence-electron chi connectivity index (χ4n) is 1.77. The fraction of sp³-hybridized carbons (Fsp3) is 0.133. The van der Waals surface area contributed by atoms with Gasteiger partial charge in [-0.05, 0) is 36.2 Å². The fourth-order valence-corrected chi connectivity index (χ4v) is 1.95. The van der Waals surface area contributed by atoms with E-state index < -0.39 is 0 Å². The van der Waals surface area contributed by atoms with Gasteiger partial charge in [0.15, 0.2) is 0 Å². The molecule has 0 heterocycles. The lowest BCUT2D eigenvalue weighted by Crippen LogP contribution is -2.14. The van der Waals surface area contributed by atoms with Gasteiger partial charge >= 0.3 is 0 Å². The second-order valence-corrected chi connectivity index (χ2v) is 4.72. The van der Waals surface area contributed by atoms with E-state index in [2.05, 4.69) is 5.32 Å². The van der Waals surface area contributed by atoms with Crippen molar-refractivity contribution in [3.8, 4) is 5.75 Å². The maximum Gasteiger partial charge on any atom is 0.228 e. The number of amides is 1. The van der Waals surface area contributed by atoms with Gasteiger partial charge in [0.1, 0.15) is 5.75 Å². The molecule has 98 valence electrons. The number of carbonyl (C=O) groups excluding carboxylic acids is 1. The summed E-state index contributed by atoms with van der Waals surface area (Å²) in [4.78, 5) is 11.9. The molecule has 0 aliphatic carbocycles. The molecule has 0 spiro atoms. The number of anilines is 1. The second-order valence-electron chi connectivity index (χ2n) is 4.32. The summed E-state index contributed by atoms with van der Waals surface area (Å²) in [5.41, 5.74) is 2.65. The first kappa shape index (κ1) is 13.4. The predicted molar refractivity (Wildman–Crippen MR) is 76.6 cm³/mol. The van der Waals surface area contributed by atoms with E-state index in [0.29, 0.717) is 12.1 Å². The maximum atomic E-state index is 11.9. The summed E-state index contributed by atoms with van der Waals surface area (Å²) < 4.78 is 0. The first-order chi connectivity index (χ1) is 9.06. The van der Waals surface area contributed by atoms with Crippen molar-refractivity contribution in [2.24, 2.45) is 0 Å². The number of rotatable bonds is 3. The van der Waals surface area contributed by atoms with E-state index in [9.17, 15) is 9.90 Å². The minimum absolute atomic E-state index is 0.00132.